The second kappa shape index (κ2) is 6.55. The van der Waals surface area contributed by atoms with Crippen LogP contribution in [-0.4, -0.2) is 27.9 Å². The highest BCUT2D eigenvalue weighted by Crippen LogP contribution is 2.30. The lowest BCUT2D eigenvalue weighted by atomic mass is 10.0. The number of hydrogen-bond donors (Lipinski definition) is 0. The van der Waals surface area contributed by atoms with Crippen LogP contribution in [0.4, 0.5) is 4.39 Å². The minimum Gasteiger partial charge on any atom is -0.481 e. The summed E-state index contributed by atoms with van der Waals surface area (Å²) in [6, 6.07) is 12.0. The summed E-state index contributed by atoms with van der Waals surface area (Å²) in [5.41, 5.74) is 3.17. The number of methoxy groups -OCH3 is 1. The average molecular weight is 349 g/mol. The molecule has 1 aliphatic heterocycles. The number of carbonyl (C=O) groups is 1. The van der Waals surface area contributed by atoms with Crippen LogP contribution < -0.4 is 4.74 Å². The predicted molar refractivity (Wildman–Crippen MR) is 94.0 cm³/mol. The number of nitrogens with zero attached hydrogens (tertiary/aromatic N) is 3. The summed E-state index contributed by atoms with van der Waals surface area (Å²) in [5.74, 6) is -0.0495. The Kier molecular flexibility index (Phi) is 4.08. The highest BCUT2D eigenvalue weighted by atomic mass is 19.1. The maximum Gasteiger partial charge on any atom is 0.256 e. The zero-order valence-corrected chi connectivity index (χ0v) is 14.1. The SMILES string of the molecule is COc1ncccc1-c1ccc(CN2Cc3ncccc3C2=O)c(F)c1. The molecule has 5 nitrogen and oxygen atoms in total. The summed E-state index contributed by atoms with van der Waals surface area (Å²) in [4.78, 5) is 22.4. The molecule has 130 valence electrons. The van der Waals surface area contributed by atoms with Gasteiger partial charge in [-0.25, -0.2) is 9.37 Å². The van der Waals surface area contributed by atoms with Crippen LogP contribution in [0.1, 0.15) is 21.6 Å². The van der Waals surface area contributed by atoms with Gasteiger partial charge in [-0.3, -0.25) is 9.78 Å². The maximum absolute atomic E-state index is 14.7. The number of ether oxygens (including phenoxy) is 1. The minimum absolute atomic E-state index is 0.120. The van der Waals surface area contributed by atoms with Crippen LogP contribution in [0.2, 0.25) is 0 Å². The van der Waals surface area contributed by atoms with Gasteiger partial charge in [0, 0.05) is 30.1 Å². The zero-order chi connectivity index (χ0) is 18.1. The Morgan fingerprint density at radius 3 is 2.62 bits per heavy atom. The third-order valence-electron chi connectivity index (χ3n) is 4.44. The Morgan fingerprint density at radius 2 is 1.88 bits per heavy atom. The van der Waals surface area contributed by atoms with Crippen molar-refractivity contribution in [3.8, 4) is 17.0 Å². The average Bonchev–Trinajstić information content (AvgIpc) is 2.99. The van der Waals surface area contributed by atoms with Crippen LogP contribution in [0.25, 0.3) is 11.1 Å². The Labute approximate surface area is 150 Å². The van der Waals surface area contributed by atoms with Gasteiger partial charge >= 0.3 is 0 Å². The van der Waals surface area contributed by atoms with E-state index in [0.29, 0.717) is 34.7 Å². The van der Waals surface area contributed by atoms with E-state index in [1.54, 1.807) is 41.6 Å². The fourth-order valence-electron chi connectivity index (χ4n) is 3.13. The first-order chi connectivity index (χ1) is 12.7. The van der Waals surface area contributed by atoms with Crippen molar-refractivity contribution in [1.29, 1.82) is 0 Å². The normalized spacial score (nSPS) is 13.0. The number of aromatic nitrogens is 2. The van der Waals surface area contributed by atoms with Gasteiger partial charge in [0.05, 0.1) is 24.9 Å². The van der Waals surface area contributed by atoms with Gasteiger partial charge in [0.15, 0.2) is 0 Å². The summed E-state index contributed by atoms with van der Waals surface area (Å²) in [6.45, 7) is 0.595. The molecule has 0 spiro atoms. The standard InChI is InChI=1S/C20H16FN3O2/c1-26-19-15(4-2-9-23-19)13-6-7-14(17(21)10-13)11-24-12-18-16(20(24)25)5-3-8-22-18/h2-10H,11-12H2,1H3. The van der Waals surface area contributed by atoms with Crippen molar-refractivity contribution in [2.24, 2.45) is 0 Å². The molecule has 0 radical (unpaired) electrons. The van der Waals surface area contributed by atoms with E-state index in [2.05, 4.69) is 9.97 Å². The lowest BCUT2D eigenvalue weighted by molar-refractivity contribution is 0.0765. The first-order valence-electron chi connectivity index (χ1n) is 8.18. The van der Waals surface area contributed by atoms with Gasteiger partial charge in [-0.05, 0) is 35.9 Å². The van der Waals surface area contributed by atoms with Crippen LogP contribution >= 0.6 is 0 Å². The molecule has 1 aliphatic rings. The van der Waals surface area contributed by atoms with Gasteiger partial charge in [0.2, 0.25) is 5.88 Å². The summed E-state index contributed by atoms with van der Waals surface area (Å²) in [7, 11) is 1.53. The molecule has 4 rings (SSSR count). The molecule has 0 saturated heterocycles. The van der Waals surface area contributed by atoms with E-state index < -0.39 is 0 Å². The van der Waals surface area contributed by atoms with Crippen LogP contribution in [0.15, 0.2) is 54.9 Å². The number of halogens is 1. The van der Waals surface area contributed by atoms with Crippen LogP contribution in [0.3, 0.4) is 0 Å². The molecule has 0 unspecified atom stereocenters. The van der Waals surface area contributed by atoms with Crippen LogP contribution in [-0.2, 0) is 13.1 Å². The molecule has 0 N–H and O–H groups in total. The fraction of sp³-hybridized carbons (Fsp3) is 0.150. The molecule has 3 heterocycles. The third-order valence-corrected chi connectivity index (χ3v) is 4.44. The van der Waals surface area contributed by atoms with E-state index >= 15 is 0 Å². The molecule has 0 bridgehead atoms. The summed E-state index contributed by atoms with van der Waals surface area (Å²) >= 11 is 0. The van der Waals surface area contributed by atoms with Gasteiger partial charge in [0.1, 0.15) is 5.82 Å². The molecule has 1 aromatic carbocycles. The van der Waals surface area contributed by atoms with Crippen molar-refractivity contribution in [1.82, 2.24) is 14.9 Å². The zero-order valence-electron chi connectivity index (χ0n) is 14.1. The number of rotatable bonds is 4. The summed E-state index contributed by atoms with van der Waals surface area (Å²) in [6.07, 6.45) is 3.28. The minimum atomic E-state index is -0.370. The van der Waals surface area contributed by atoms with Gasteiger partial charge in [-0.2, -0.15) is 0 Å². The van der Waals surface area contributed by atoms with Crippen molar-refractivity contribution in [2.75, 3.05) is 7.11 Å². The maximum atomic E-state index is 14.7. The molecule has 0 aliphatic carbocycles. The van der Waals surface area contributed by atoms with E-state index in [1.165, 1.54) is 13.2 Å². The van der Waals surface area contributed by atoms with Crippen molar-refractivity contribution in [3.63, 3.8) is 0 Å². The van der Waals surface area contributed by atoms with Crippen molar-refractivity contribution in [3.05, 3.63) is 77.5 Å². The number of benzene rings is 1. The number of fused-ring (bicyclic) bond motifs is 1. The Morgan fingerprint density at radius 1 is 1.12 bits per heavy atom. The number of amides is 1. The molecule has 3 aromatic rings. The van der Waals surface area contributed by atoms with Crippen molar-refractivity contribution >= 4 is 5.91 Å². The molecule has 1 amide bonds. The van der Waals surface area contributed by atoms with E-state index in [0.717, 1.165) is 5.69 Å². The predicted octanol–water partition coefficient (Wildman–Crippen LogP) is 3.45. The summed E-state index contributed by atoms with van der Waals surface area (Å²) < 4.78 is 19.9. The first-order valence-corrected chi connectivity index (χ1v) is 8.18. The summed E-state index contributed by atoms with van der Waals surface area (Å²) in [5, 5.41) is 0. The number of hydrogen-bond acceptors (Lipinski definition) is 4. The second-order valence-corrected chi connectivity index (χ2v) is 6.03. The van der Waals surface area contributed by atoms with Gasteiger partial charge < -0.3 is 9.64 Å². The van der Waals surface area contributed by atoms with E-state index in [4.69, 9.17) is 4.74 Å². The highest BCUT2D eigenvalue weighted by Gasteiger charge is 2.28. The molecule has 2 aromatic heterocycles. The lowest BCUT2D eigenvalue weighted by Gasteiger charge is -2.16. The highest BCUT2D eigenvalue weighted by molar-refractivity contribution is 5.97. The monoisotopic (exact) mass is 349 g/mol. The fourth-order valence-corrected chi connectivity index (χ4v) is 3.13. The van der Waals surface area contributed by atoms with E-state index in [1.807, 2.05) is 12.1 Å². The second-order valence-electron chi connectivity index (χ2n) is 6.03. The molecule has 0 atom stereocenters. The van der Waals surface area contributed by atoms with E-state index in [9.17, 15) is 9.18 Å². The van der Waals surface area contributed by atoms with Crippen molar-refractivity contribution in [2.45, 2.75) is 13.1 Å². The molecular weight excluding hydrogens is 333 g/mol. The largest absolute Gasteiger partial charge is 0.481 e. The quantitative estimate of drug-likeness (QED) is 0.724. The Hall–Kier alpha value is -3.28. The van der Waals surface area contributed by atoms with Crippen LogP contribution in [0, 0.1) is 5.82 Å². The van der Waals surface area contributed by atoms with E-state index in [-0.39, 0.29) is 18.3 Å². The lowest BCUT2D eigenvalue weighted by Crippen LogP contribution is -2.23. The molecular formula is C20H16FN3O2. The first kappa shape index (κ1) is 16.2. The topological polar surface area (TPSA) is 55.3 Å². The number of pyridine rings is 2. The number of carbonyl (C=O) groups excluding carboxylic acids is 1. The molecule has 6 heteroatoms. The van der Waals surface area contributed by atoms with Gasteiger partial charge in [-0.1, -0.05) is 12.1 Å². The molecule has 0 saturated carbocycles. The van der Waals surface area contributed by atoms with Gasteiger partial charge in [-0.15, -0.1) is 0 Å². The Balaban J connectivity index is 1.59. The molecule has 26 heavy (non-hydrogen) atoms. The third kappa shape index (κ3) is 2.79. The molecule has 0 fully saturated rings. The van der Waals surface area contributed by atoms with Gasteiger partial charge in [0.25, 0.3) is 5.91 Å². The smallest absolute Gasteiger partial charge is 0.256 e. The Bertz CT molecular complexity index is 990. The van der Waals surface area contributed by atoms with Crippen molar-refractivity contribution < 1.29 is 13.9 Å². The van der Waals surface area contributed by atoms with Crippen LogP contribution in [0.5, 0.6) is 5.88 Å².